The average molecular weight is 308 g/mol. The molecular weight excluding hydrogens is 287 g/mol. The van der Waals surface area contributed by atoms with Crippen molar-refractivity contribution in [1.29, 1.82) is 0 Å². The number of benzene rings is 1. The summed E-state index contributed by atoms with van der Waals surface area (Å²) in [5.74, 6) is -0.741. The predicted octanol–water partition coefficient (Wildman–Crippen LogP) is 1.79. The van der Waals surface area contributed by atoms with E-state index in [0.29, 0.717) is 12.1 Å². The molecule has 1 aliphatic rings. The maximum atomic E-state index is 12.8. The molecule has 120 valence electrons. The maximum absolute atomic E-state index is 12.8. The number of nitrogens with zero attached hydrogens (tertiary/aromatic N) is 1. The number of hydroxylamine groups is 2. The highest BCUT2D eigenvalue weighted by Gasteiger charge is 2.33. The second-order valence-corrected chi connectivity index (χ2v) is 5.45. The van der Waals surface area contributed by atoms with Crippen molar-refractivity contribution >= 4 is 11.7 Å². The molecule has 1 aromatic carbocycles. The van der Waals surface area contributed by atoms with Gasteiger partial charge in [-0.3, -0.25) is 14.4 Å². The van der Waals surface area contributed by atoms with Crippen LogP contribution in [0.15, 0.2) is 24.3 Å². The molecule has 0 bridgehead atoms. The minimum absolute atomic E-state index is 0.00865. The molecule has 22 heavy (non-hydrogen) atoms. The highest BCUT2D eigenvalue weighted by Crippen LogP contribution is 2.24. The number of hydrogen-bond acceptors (Lipinski definition) is 4. The van der Waals surface area contributed by atoms with Gasteiger partial charge in [0.25, 0.3) is 0 Å². The van der Waals surface area contributed by atoms with Gasteiger partial charge in [0.1, 0.15) is 12.4 Å². The second kappa shape index (κ2) is 7.47. The first kappa shape index (κ1) is 16.6. The molecule has 2 rings (SSSR count). The number of nitrogens with one attached hydrogen (secondary N) is 1. The molecule has 0 radical (unpaired) electrons. The number of carbonyl (C=O) groups excluding carboxylic acids is 2. The predicted molar refractivity (Wildman–Crippen MR) is 79.6 cm³/mol. The number of ketones is 1. The molecule has 5 nitrogen and oxygen atoms in total. The molecule has 1 N–H and O–H groups in total. The lowest BCUT2D eigenvalue weighted by molar-refractivity contribution is -0.198. The number of Topliss-reactive ketones (excluding diaryl/α,β-unsaturated/α-hetero) is 1. The number of amides is 1. The monoisotopic (exact) mass is 308 g/mol. The van der Waals surface area contributed by atoms with Crippen LogP contribution < -0.4 is 5.32 Å². The lowest BCUT2D eigenvalue weighted by Gasteiger charge is -2.37. The summed E-state index contributed by atoms with van der Waals surface area (Å²) in [5, 5.41) is 4.36. The Hall–Kier alpha value is -1.79. The summed E-state index contributed by atoms with van der Waals surface area (Å²) in [6.07, 6.45) is 1.65. The van der Waals surface area contributed by atoms with Crippen LogP contribution in [0.25, 0.3) is 0 Å². The van der Waals surface area contributed by atoms with Crippen LogP contribution in [0, 0.1) is 11.7 Å². The third kappa shape index (κ3) is 3.90. The van der Waals surface area contributed by atoms with E-state index in [1.165, 1.54) is 24.3 Å². The Bertz CT molecular complexity index is 533. The van der Waals surface area contributed by atoms with Gasteiger partial charge in [-0.05, 0) is 44.0 Å². The van der Waals surface area contributed by atoms with Crippen LogP contribution in [0.3, 0.4) is 0 Å². The van der Waals surface area contributed by atoms with Gasteiger partial charge in [-0.1, -0.05) is 0 Å². The van der Waals surface area contributed by atoms with E-state index < -0.39 is 0 Å². The fraction of sp³-hybridized carbons (Fsp3) is 0.500. The Balaban J connectivity index is 1.91. The van der Waals surface area contributed by atoms with Crippen molar-refractivity contribution < 1.29 is 18.8 Å². The molecule has 2 unspecified atom stereocenters. The summed E-state index contributed by atoms with van der Waals surface area (Å²) in [6, 6.07) is 5.29. The molecule has 0 spiro atoms. The summed E-state index contributed by atoms with van der Waals surface area (Å²) in [4.78, 5) is 29.4. The van der Waals surface area contributed by atoms with E-state index in [-0.39, 0.29) is 36.1 Å². The van der Waals surface area contributed by atoms with Crippen LogP contribution in [0.5, 0.6) is 0 Å². The van der Waals surface area contributed by atoms with E-state index in [9.17, 15) is 14.0 Å². The van der Waals surface area contributed by atoms with Gasteiger partial charge in [0.2, 0.25) is 5.91 Å². The summed E-state index contributed by atoms with van der Waals surface area (Å²) < 4.78 is 12.8. The normalized spacial score (nSPS) is 22.3. The molecule has 0 aliphatic carbocycles. The molecule has 0 saturated carbocycles. The molecule has 1 heterocycles. The lowest BCUT2D eigenvalue weighted by Crippen LogP contribution is -2.49. The number of hydrogen-bond donors (Lipinski definition) is 1. The first-order valence-corrected chi connectivity index (χ1v) is 7.43. The summed E-state index contributed by atoms with van der Waals surface area (Å²) in [5.41, 5.74) is 0.411. The van der Waals surface area contributed by atoms with Gasteiger partial charge in [-0.2, -0.15) is 5.06 Å². The summed E-state index contributed by atoms with van der Waals surface area (Å²) in [6.45, 7) is 2.49. The van der Waals surface area contributed by atoms with E-state index in [4.69, 9.17) is 4.84 Å². The molecule has 1 amide bonds. The zero-order valence-electron chi connectivity index (χ0n) is 12.8. The topological polar surface area (TPSA) is 58.6 Å². The van der Waals surface area contributed by atoms with Crippen molar-refractivity contribution in [3.05, 3.63) is 35.6 Å². The number of piperidine rings is 1. The fourth-order valence-electron chi connectivity index (χ4n) is 2.69. The standard InChI is InChI=1S/C16H21FN2O3/c1-11-14(16(21)18-2)4-3-9-19(11)22-10-15(20)12-5-7-13(17)8-6-12/h5-8,11,14H,3-4,9-10H2,1-2H3,(H,18,21). The van der Waals surface area contributed by atoms with E-state index in [1.54, 1.807) is 12.1 Å². The molecule has 6 heteroatoms. The van der Waals surface area contributed by atoms with Crippen LogP contribution in [0.4, 0.5) is 4.39 Å². The van der Waals surface area contributed by atoms with Crippen LogP contribution in [-0.2, 0) is 9.63 Å². The van der Waals surface area contributed by atoms with Gasteiger partial charge < -0.3 is 5.32 Å². The first-order valence-electron chi connectivity index (χ1n) is 7.43. The quantitative estimate of drug-likeness (QED) is 0.843. The molecule has 1 aliphatic heterocycles. The van der Waals surface area contributed by atoms with Crippen LogP contribution in [-0.4, -0.2) is 43.0 Å². The Morgan fingerprint density at radius 1 is 1.36 bits per heavy atom. The van der Waals surface area contributed by atoms with E-state index in [1.807, 2.05) is 6.92 Å². The van der Waals surface area contributed by atoms with Crippen LogP contribution in [0.1, 0.15) is 30.1 Å². The Morgan fingerprint density at radius 3 is 2.68 bits per heavy atom. The summed E-state index contributed by atoms with van der Waals surface area (Å²) in [7, 11) is 1.62. The third-order valence-corrected chi connectivity index (χ3v) is 4.04. The molecule has 2 atom stereocenters. The van der Waals surface area contributed by atoms with Gasteiger partial charge in [0.15, 0.2) is 5.78 Å². The highest BCUT2D eigenvalue weighted by molar-refractivity contribution is 5.97. The summed E-state index contributed by atoms with van der Waals surface area (Å²) >= 11 is 0. The number of halogens is 1. The lowest BCUT2D eigenvalue weighted by atomic mass is 9.91. The SMILES string of the molecule is CNC(=O)C1CCCN(OCC(=O)c2ccc(F)cc2)C1C. The number of rotatable bonds is 5. The minimum atomic E-state index is -0.379. The van der Waals surface area contributed by atoms with Crippen LogP contribution in [0.2, 0.25) is 0 Å². The van der Waals surface area contributed by atoms with E-state index >= 15 is 0 Å². The minimum Gasteiger partial charge on any atom is -0.359 e. The Kier molecular flexibility index (Phi) is 5.63. The highest BCUT2D eigenvalue weighted by atomic mass is 19.1. The van der Waals surface area contributed by atoms with Gasteiger partial charge in [0, 0.05) is 25.2 Å². The first-order chi connectivity index (χ1) is 10.5. The van der Waals surface area contributed by atoms with Gasteiger partial charge in [-0.15, -0.1) is 0 Å². The van der Waals surface area contributed by atoms with Crippen molar-refractivity contribution in [2.45, 2.75) is 25.8 Å². The van der Waals surface area contributed by atoms with E-state index in [0.717, 1.165) is 12.8 Å². The molecular formula is C16H21FN2O3. The van der Waals surface area contributed by atoms with Crippen molar-refractivity contribution in [3.63, 3.8) is 0 Å². The van der Waals surface area contributed by atoms with Gasteiger partial charge >= 0.3 is 0 Å². The maximum Gasteiger partial charge on any atom is 0.224 e. The second-order valence-electron chi connectivity index (χ2n) is 5.45. The van der Waals surface area contributed by atoms with Gasteiger partial charge in [-0.25, -0.2) is 4.39 Å². The third-order valence-electron chi connectivity index (χ3n) is 4.04. The van der Waals surface area contributed by atoms with Crippen molar-refractivity contribution in [1.82, 2.24) is 10.4 Å². The molecule has 1 aromatic rings. The molecule has 1 fully saturated rings. The Morgan fingerprint density at radius 2 is 2.05 bits per heavy atom. The fourth-order valence-corrected chi connectivity index (χ4v) is 2.69. The average Bonchev–Trinajstić information content (AvgIpc) is 2.53. The van der Waals surface area contributed by atoms with Crippen molar-refractivity contribution in [2.75, 3.05) is 20.2 Å². The molecule has 1 saturated heterocycles. The zero-order chi connectivity index (χ0) is 16.1. The van der Waals surface area contributed by atoms with Crippen molar-refractivity contribution in [2.24, 2.45) is 5.92 Å². The van der Waals surface area contributed by atoms with E-state index in [2.05, 4.69) is 5.32 Å². The zero-order valence-corrected chi connectivity index (χ0v) is 12.8. The Labute approximate surface area is 129 Å². The smallest absolute Gasteiger partial charge is 0.224 e. The largest absolute Gasteiger partial charge is 0.359 e. The molecule has 0 aromatic heterocycles. The number of carbonyl (C=O) groups is 2. The van der Waals surface area contributed by atoms with Crippen molar-refractivity contribution in [3.8, 4) is 0 Å². The van der Waals surface area contributed by atoms with Gasteiger partial charge in [0.05, 0.1) is 5.92 Å². The van der Waals surface area contributed by atoms with Crippen LogP contribution >= 0.6 is 0 Å².